The highest BCUT2D eigenvalue weighted by Crippen LogP contribution is 2.12. The van der Waals surface area contributed by atoms with Gasteiger partial charge >= 0.3 is 0 Å². The molecule has 6 heteroatoms. The summed E-state index contributed by atoms with van der Waals surface area (Å²) in [5, 5.41) is 8.22. The minimum atomic E-state index is -0.292. The Hall–Kier alpha value is -2.11. The van der Waals surface area contributed by atoms with Crippen LogP contribution in [-0.4, -0.2) is 36.4 Å². The van der Waals surface area contributed by atoms with E-state index >= 15 is 0 Å². The summed E-state index contributed by atoms with van der Waals surface area (Å²) in [5.74, 6) is -0.496. The van der Waals surface area contributed by atoms with Crippen LogP contribution in [0.4, 0.5) is 5.69 Å². The summed E-state index contributed by atoms with van der Waals surface area (Å²) in [6, 6.07) is 1.62. The normalized spacial score (nSPS) is 9.67. The molecule has 0 aliphatic carbocycles. The molecule has 3 N–H and O–H groups in total. The molecule has 18 heavy (non-hydrogen) atoms. The van der Waals surface area contributed by atoms with Crippen LogP contribution in [0.2, 0.25) is 0 Å². The van der Waals surface area contributed by atoms with Gasteiger partial charge in [0.15, 0.2) is 0 Å². The van der Waals surface area contributed by atoms with Crippen LogP contribution in [0.15, 0.2) is 18.5 Å². The first-order valence-electron chi connectivity index (χ1n) is 5.91. The van der Waals surface area contributed by atoms with Crippen LogP contribution in [-0.2, 0) is 4.79 Å². The van der Waals surface area contributed by atoms with Crippen LogP contribution in [0.25, 0.3) is 0 Å². The summed E-state index contributed by atoms with van der Waals surface area (Å²) in [6.07, 6.45) is 3.13. The average molecular weight is 250 g/mol. The number of rotatable bonds is 6. The minimum Gasteiger partial charge on any atom is -0.383 e. The highest BCUT2D eigenvalue weighted by atomic mass is 16.2. The highest BCUT2D eigenvalue weighted by molar-refractivity contribution is 6.00. The molecule has 1 aromatic rings. The lowest BCUT2D eigenvalue weighted by Crippen LogP contribution is -2.37. The van der Waals surface area contributed by atoms with Crippen LogP contribution in [0.3, 0.4) is 0 Å². The Morgan fingerprint density at radius 1 is 1.22 bits per heavy atom. The van der Waals surface area contributed by atoms with Crippen molar-refractivity contribution >= 4 is 17.5 Å². The van der Waals surface area contributed by atoms with Crippen LogP contribution < -0.4 is 16.0 Å². The van der Waals surface area contributed by atoms with Gasteiger partial charge in [0, 0.05) is 19.3 Å². The second-order valence-electron chi connectivity index (χ2n) is 3.59. The number of carbonyl (C=O) groups is 2. The van der Waals surface area contributed by atoms with E-state index in [1.807, 2.05) is 13.8 Å². The SMILES string of the molecule is CCNC(=O)CNC(=O)c1ccncc1NCC. The van der Waals surface area contributed by atoms with Crippen LogP contribution in [0.5, 0.6) is 0 Å². The van der Waals surface area contributed by atoms with Gasteiger partial charge in [0.05, 0.1) is 24.0 Å². The van der Waals surface area contributed by atoms with Gasteiger partial charge in [-0.1, -0.05) is 0 Å². The maximum absolute atomic E-state index is 11.9. The summed E-state index contributed by atoms with van der Waals surface area (Å²) in [6.45, 7) is 4.98. The Balaban J connectivity index is 2.63. The van der Waals surface area contributed by atoms with Crippen molar-refractivity contribution in [3.05, 3.63) is 24.0 Å². The molecule has 0 unspecified atom stereocenters. The fourth-order valence-electron chi connectivity index (χ4n) is 1.44. The van der Waals surface area contributed by atoms with Gasteiger partial charge in [-0.3, -0.25) is 14.6 Å². The summed E-state index contributed by atoms with van der Waals surface area (Å²) >= 11 is 0. The second-order valence-corrected chi connectivity index (χ2v) is 3.59. The van der Waals surface area contributed by atoms with Crippen LogP contribution in [0, 0.1) is 0 Å². The minimum absolute atomic E-state index is 0.0272. The number of anilines is 1. The molecule has 1 rings (SSSR count). The quantitative estimate of drug-likeness (QED) is 0.681. The molecule has 1 aromatic heterocycles. The van der Waals surface area contributed by atoms with Crippen molar-refractivity contribution < 1.29 is 9.59 Å². The Bertz CT molecular complexity index is 420. The fourth-order valence-corrected chi connectivity index (χ4v) is 1.44. The largest absolute Gasteiger partial charge is 0.383 e. The van der Waals surface area contributed by atoms with E-state index in [9.17, 15) is 9.59 Å². The number of hydrogen-bond acceptors (Lipinski definition) is 4. The van der Waals surface area contributed by atoms with Gasteiger partial charge in [0.2, 0.25) is 5.91 Å². The average Bonchev–Trinajstić information content (AvgIpc) is 2.37. The van der Waals surface area contributed by atoms with Gasteiger partial charge in [0.1, 0.15) is 0 Å². The van der Waals surface area contributed by atoms with Crippen molar-refractivity contribution in [1.82, 2.24) is 15.6 Å². The molecule has 0 radical (unpaired) electrons. The topological polar surface area (TPSA) is 83.1 Å². The number of nitrogens with one attached hydrogen (secondary N) is 3. The first-order chi connectivity index (χ1) is 8.69. The van der Waals surface area contributed by atoms with Crippen molar-refractivity contribution in [1.29, 1.82) is 0 Å². The number of likely N-dealkylation sites (N-methyl/N-ethyl adjacent to an activating group) is 1. The molecular formula is C12H18N4O2. The van der Waals surface area contributed by atoms with Crippen molar-refractivity contribution in [2.75, 3.05) is 25.0 Å². The molecule has 0 saturated heterocycles. The third-order valence-corrected chi connectivity index (χ3v) is 2.22. The molecule has 98 valence electrons. The van der Waals surface area contributed by atoms with Gasteiger partial charge in [-0.15, -0.1) is 0 Å². The number of hydrogen-bond donors (Lipinski definition) is 3. The van der Waals surface area contributed by atoms with E-state index in [2.05, 4.69) is 20.9 Å². The maximum Gasteiger partial charge on any atom is 0.253 e. The first kappa shape index (κ1) is 14.0. The Kier molecular flexibility index (Phi) is 5.63. The second kappa shape index (κ2) is 7.26. The lowest BCUT2D eigenvalue weighted by molar-refractivity contribution is -0.120. The Labute approximate surface area is 106 Å². The van der Waals surface area contributed by atoms with Gasteiger partial charge in [-0.25, -0.2) is 0 Å². The molecule has 0 atom stereocenters. The molecule has 0 aromatic carbocycles. The number of pyridine rings is 1. The molecule has 0 bridgehead atoms. The van der Waals surface area contributed by atoms with E-state index in [-0.39, 0.29) is 18.4 Å². The zero-order chi connectivity index (χ0) is 13.4. The first-order valence-corrected chi connectivity index (χ1v) is 5.91. The number of amides is 2. The Morgan fingerprint density at radius 3 is 2.67 bits per heavy atom. The molecule has 0 aliphatic heterocycles. The molecule has 6 nitrogen and oxygen atoms in total. The monoisotopic (exact) mass is 250 g/mol. The smallest absolute Gasteiger partial charge is 0.253 e. The predicted molar refractivity (Wildman–Crippen MR) is 69.4 cm³/mol. The lowest BCUT2D eigenvalue weighted by Gasteiger charge is -2.10. The summed E-state index contributed by atoms with van der Waals surface area (Å²) in [5.41, 5.74) is 1.14. The Morgan fingerprint density at radius 2 is 2.00 bits per heavy atom. The summed E-state index contributed by atoms with van der Waals surface area (Å²) in [7, 11) is 0. The molecular weight excluding hydrogens is 232 g/mol. The predicted octanol–water partition coefficient (Wildman–Crippen LogP) is 0.379. The van der Waals surface area contributed by atoms with Gasteiger partial charge in [-0.2, -0.15) is 0 Å². The van der Waals surface area contributed by atoms with Crippen molar-refractivity contribution in [2.45, 2.75) is 13.8 Å². The van der Waals surface area contributed by atoms with E-state index in [1.54, 1.807) is 18.5 Å². The zero-order valence-corrected chi connectivity index (χ0v) is 10.6. The van der Waals surface area contributed by atoms with Crippen molar-refractivity contribution in [2.24, 2.45) is 0 Å². The molecule has 0 fully saturated rings. The van der Waals surface area contributed by atoms with Gasteiger partial charge < -0.3 is 16.0 Å². The van der Waals surface area contributed by atoms with E-state index in [0.29, 0.717) is 24.3 Å². The fraction of sp³-hybridized carbons (Fsp3) is 0.417. The standard InChI is InChI=1S/C12H18N4O2/c1-3-14-10-7-13-6-5-9(10)12(18)16-8-11(17)15-4-2/h5-7,14H,3-4,8H2,1-2H3,(H,15,17)(H,16,18). The molecule has 1 heterocycles. The number of nitrogens with zero attached hydrogens (tertiary/aromatic N) is 1. The molecule has 0 saturated carbocycles. The van der Waals surface area contributed by atoms with Gasteiger partial charge in [-0.05, 0) is 19.9 Å². The van der Waals surface area contributed by atoms with E-state index in [4.69, 9.17) is 0 Å². The summed E-state index contributed by atoms with van der Waals surface area (Å²) in [4.78, 5) is 27.1. The van der Waals surface area contributed by atoms with Crippen molar-refractivity contribution in [3.63, 3.8) is 0 Å². The van der Waals surface area contributed by atoms with E-state index in [0.717, 1.165) is 0 Å². The van der Waals surface area contributed by atoms with E-state index in [1.165, 1.54) is 0 Å². The van der Waals surface area contributed by atoms with Crippen LogP contribution in [0.1, 0.15) is 24.2 Å². The highest BCUT2D eigenvalue weighted by Gasteiger charge is 2.11. The number of aromatic nitrogens is 1. The zero-order valence-electron chi connectivity index (χ0n) is 10.6. The van der Waals surface area contributed by atoms with Gasteiger partial charge in [0.25, 0.3) is 5.91 Å². The van der Waals surface area contributed by atoms with E-state index < -0.39 is 0 Å². The molecule has 2 amide bonds. The molecule has 0 aliphatic rings. The molecule has 0 spiro atoms. The van der Waals surface area contributed by atoms with Crippen molar-refractivity contribution in [3.8, 4) is 0 Å². The van der Waals surface area contributed by atoms with Crippen LogP contribution >= 0.6 is 0 Å². The lowest BCUT2D eigenvalue weighted by atomic mass is 10.2. The number of carbonyl (C=O) groups excluding carboxylic acids is 2. The third-order valence-electron chi connectivity index (χ3n) is 2.22. The summed E-state index contributed by atoms with van der Waals surface area (Å²) < 4.78 is 0. The maximum atomic E-state index is 11.9. The third kappa shape index (κ3) is 4.04.